The highest BCUT2D eigenvalue weighted by molar-refractivity contribution is 7.89. The molecule has 0 spiro atoms. The smallest absolute Gasteiger partial charge is 0.240 e. The second-order valence-corrected chi connectivity index (χ2v) is 8.72. The fraction of sp³-hybridized carbons (Fsp3) is 0.611. The van der Waals surface area contributed by atoms with Crippen molar-refractivity contribution >= 4 is 28.3 Å². The number of hydrogen-bond acceptors (Lipinski definition) is 6. The summed E-state index contributed by atoms with van der Waals surface area (Å²) in [5.74, 6) is 0.825. The van der Waals surface area contributed by atoms with Gasteiger partial charge in [0.05, 0.1) is 18.1 Å². The van der Waals surface area contributed by atoms with E-state index in [-0.39, 0.29) is 42.2 Å². The number of halogens is 1. The van der Waals surface area contributed by atoms with Crippen LogP contribution in [0.4, 0.5) is 0 Å². The maximum atomic E-state index is 12.5. The van der Waals surface area contributed by atoms with E-state index in [4.69, 9.17) is 9.47 Å². The Balaban J connectivity index is 0.00000280. The molecule has 0 saturated carbocycles. The van der Waals surface area contributed by atoms with Gasteiger partial charge in [-0.2, -0.15) is 0 Å². The minimum Gasteiger partial charge on any atom is -0.490 e. The molecule has 2 unspecified atom stereocenters. The van der Waals surface area contributed by atoms with Crippen LogP contribution >= 0.6 is 12.4 Å². The molecule has 2 heterocycles. The first kappa shape index (κ1) is 22.7. The first-order chi connectivity index (χ1) is 12.9. The molecule has 3 N–H and O–H groups in total. The summed E-state index contributed by atoms with van der Waals surface area (Å²) in [6.45, 7) is 4.04. The Morgan fingerprint density at radius 2 is 2.00 bits per heavy atom. The topological polar surface area (TPSA) is 106 Å². The Hall–Kier alpha value is -1.55. The van der Waals surface area contributed by atoms with Gasteiger partial charge in [-0.1, -0.05) is 0 Å². The predicted molar refractivity (Wildman–Crippen MR) is 108 cm³/mol. The van der Waals surface area contributed by atoms with E-state index in [0.29, 0.717) is 30.8 Å². The number of benzene rings is 1. The number of carbonyl (C=O) groups excluding carboxylic acids is 1. The van der Waals surface area contributed by atoms with Crippen LogP contribution in [0.25, 0.3) is 0 Å². The zero-order valence-electron chi connectivity index (χ0n) is 15.9. The Bertz CT molecular complexity index is 774. The maximum Gasteiger partial charge on any atom is 0.240 e. The molecule has 8 nitrogen and oxygen atoms in total. The number of nitrogens with one attached hydrogen (secondary N) is 3. The SMILES string of the molecule is CC1CC(NC(=O)CCNS(=O)(=O)c2ccc3c(c2)OCCCO3)CCN1.Cl. The number of ether oxygens (including phenoxy) is 2. The van der Waals surface area contributed by atoms with Gasteiger partial charge in [0, 0.05) is 37.5 Å². The minimum atomic E-state index is -3.72. The summed E-state index contributed by atoms with van der Waals surface area (Å²) in [7, 11) is -3.72. The van der Waals surface area contributed by atoms with Crippen LogP contribution in [0.3, 0.4) is 0 Å². The van der Waals surface area contributed by atoms with Crippen LogP contribution in [0, 0.1) is 0 Å². The predicted octanol–water partition coefficient (Wildman–Crippen LogP) is 1.19. The standard InChI is InChI=1S/C18H27N3O5S.ClH/c1-13-11-14(5-7-19-13)21-18(22)6-8-20-27(23,24)15-3-4-16-17(12-15)26-10-2-9-25-16;/h3-4,12-14,19-20H,2,5-11H2,1H3,(H,21,22);1H. The molecule has 1 saturated heterocycles. The Morgan fingerprint density at radius 1 is 1.25 bits per heavy atom. The molecule has 2 atom stereocenters. The fourth-order valence-electron chi connectivity index (χ4n) is 3.26. The van der Waals surface area contributed by atoms with Crippen LogP contribution < -0.4 is 24.8 Å². The third-order valence-electron chi connectivity index (χ3n) is 4.66. The summed E-state index contributed by atoms with van der Waals surface area (Å²) in [5, 5.41) is 6.30. The number of sulfonamides is 1. The quantitative estimate of drug-likeness (QED) is 0.622. The lowest BCUT2D eigenvalue weighted by Crippen LogP contribution is -2.47. The van der Waals surface area contributed by atoms with Crippen LogP contribution in [-0.4, -0.2) is 52.7 Å². The first-order valence-electron chi connectivity index (χ1n) is 9.36. The van der Waals surface area contributed by atoms with Crippen molar-refractivity contribution in [3.8, 4) is 11.5 Å². The number of rotatable bonds is 6. The number of fused-ring (bicyclic) bond motifs is 1. The number of carbonyl (C=O) groups is 1. The second-order valence-electron chi connectivity index (χ2n) is 6.95. The molecular weight excluding hydrogens is 406 g/mol. The monoisotopic (exact) mass is 433 g/mol. The summed E-state index contributed by atoms with van der Waals surface area (Å²) >= 11 is 0. The number of amides is 1. The molecule has 28 heavy (non-hydrogen) atoms. The van der Waals surface area contributed by atoms with Gasteiger partial charge in [-0.3, -0.25) is 4.79 Å². The number of piperidine rings is 1. The van der Waals surface area contributed by atoms with Crippen LogP contribution in [0.1, 0.15) is 32.6 Å². The van der Waals surface area contributed by atoms with Gasteiger partial charge >= 0.3 is 0 Å². The van der Waals surface area contributed by atoms with Crippen molar-refractivity contribution in [2.45, 2.75) is 49.6 Å². The molecule has 0 bridgehead atoms. The third kappa shape index (κ3) is 6.23. The second kappa shape index (κ2) is 10.3. The van der Waals surface area contributed by atoms with Gasteiger partial charge in [0.1, 0.15) is 0 Å². The molecule has 158 valence electrons. The highest BCUT2D eigenvalue weighted by atomic mass is 35.5. The molecule has 3 rings (SSSR count). The van der Waals surface area contributed by atoms with Crippen LogP contribution in [-0.2, 0) is 14.8 Å². The molecule has 0 aromatic heterocycles. The average Bonchev–Trinajstić information content (AvgIpc) is 2.86. The van der Waals surface area contributed by atoms with Crippen molar-refractivity contribution < 1.29 is 22.7 Å². The van der Waals surface area contributed by atoms with Crippen molar-refractivity contribution in [1.29, 1.82) is 0 Å². The van der Waals surface area contributed by atoms with Gasteiger partial charge in [0.25, 0.3) is 0 Å². The summed E-state index contributed by atoms with van der Waals surface area (Å²) in [5.41, 5.74) is 0. The Labute approximate surface area is 172 Å². The van der Waals surface area contributed by atoms with Crippen molar-refractivity contribution in [3.63, 3.8) is 0 Å². The molecule has 2 aliphatic rings. The van der Waals surface area contributed by atoms with E-state index in [1.54, 1.807) is 6.07 Å². The minimum absolute atomic E-state index is 0. The molecule has 2 aliphatic heterocycles. The van der Waals surface area contributed by atoms with Crippen molar-refractivity contribution in [2.75, 3.05) is 26.3 Å². The summed E-state index contributed by atoms with van der Waals surface area (Å²) < 4.78 is 38.5. The first-order valence-corrected chi connectivity index (χ1v) is 10.8. The zero-order valence-corrected chi connectivity index (χ0v) is 17.5. The van der Waals surface area contributed by atoms with E-state index in [9.17, 15) is 13.2 Å². The van der Waals surface area contributed by atoms with E-state index in [0.717, 1.165) is 25.8 Å². The lowest BCUT2D eigenvalue weighted by molar-refractivity contribution is -0.121. The van der Waals surface area contributed by atoms with Gasteiger partial charge in [-0.15, -0.1) is 12.4 Å². The molecule has 1 aromatic rings. The van der Waals surface area contributed by atoms with Crippen molar-refractivity contribution in [1.82, 2.24) is 15.4 Å². The van der Waals surface area contributed by atoms with Gasteiger partial charge in [0.15, 0.2) is 11.5 Å². The van der Waals surface area contributed by atoms with Crippen LogP contribution in [0.15, 0.2) is 23.1 Å². The highest BCUT2D eigenvalue weighted by Gasteiger charge is 2.21. The van der Waals surface area contributed by atoms with Gasteiger partial charge in [-0.25, -0.2) is 13.1 Å². The zero-order chi connectivity index (χ0) is 19.3. The molecule has 1 amide bonds. The van der Waals surface area contributed by atoms with E-state index in [1.165, 1.54) is 12.1 Å². The van der Waals surface area contributed by atoms with E-state index >= 15 is 0 Å². The number of hydrogen-bond donors (Lipinski definition) is 3. The molecule has 1 aromatic carbocycles. The lowest BCUT2D eigenvalue weighted by atomic mass is 10.0. The molecule has 1 fully saturated rings. The third-order valence-corrected chi connectivity index (χ3v) is 6.12. The summed E-state index contributed by atoms with van der Waals surface area (Å²) in [6.07, 6.45) is 2.62. The maximum absolute atomic E-state index is 12.5. The molecular formula is C18H28ClN3O5S. The largest absolute Gasteiger partial charge is 0.490 e. The van der Waals surface area contributed by atoms with Gasteiger partial charge in [-0.05, 0) is 38.4 Å². The van der Waals surface area contributed by atoms with E-state index in [1.807, 2.05) is 0 Å². The van der Waals surface area contributed by atoms with Crippen molar-refractivity contribution in [3.05, 3.63) is 18.2 Å². The fourth-order valence-corrected chi connectivity index (χ4v) is 4.30. The Morgan fingerprint density at radius 3 is 2.75 bits per heavy atom. The van der Waals surface area contributed by atoms with Crippen molar-refractivity contribution in [2.24, 2.45) is 0 Å². The van der Waals surface area contributed by atoms with E-state index < -0.39 is 10.0 Å². The molecule has 0 radical (unpaired) electrons. The highest BCUT2D eigenvalue weighted by Crippen LogP contribution is 2.31. The van der Waals surface area contributed by atoms with Crippen LogP contribution in [0.5, 0.6) is 11.5 Å². The summed E-state index contributed by atoms with van der Waals surface area (Å²) in [4.78, 5) is 12.2. The molecule has 0 aliphatic carbocycles. The van der Waals surface area contributed by atoms with E-state index in [2.05, 4.69) is 22.3 Å². The normalized spacial score (nSPS) is 21.9. The average molecular weight is 434 g/mol. The lowest BCUT2D eigenvalue weighted by Gasteiger charge is -2.28. The molecule has 10 heteroatoms. The van der Waals surface area contributed by atoms with Gasteiger partial charge < -0.3 is 20.1 Å². The van der Waals surface area contributed by atoms with Crippen LogP contribution in [0.2, 0.25) is 0 Å². The van der Waals surface area contributed by atoms with Gasteiger partial charge in [0.2, 0.25) is 15.9 Å². The summed E-state index contributed by atoms with van der Waals surface area (Å²) in [6, 6.07) is 5.06. The Kier molecular flexibility index (Phi) is 8.36.